The minimum absolute atomic E-state index is 0. The van der Waals surface area contributed by atoms with Gasteiger partial charge in [0.15, 0.2) is 0 Å². The first kappa shape index (κ1) is 16.9. The molecular weight excluding hydrogens is 250 g/mol. The molecule has 0 aliphatic carbocycles. The molecule has 0 aromatic carbocycles. The van der Waals surface area contributed by atoms with Gasteiger partial charge in [-0.05, 0) is 31.7 Å². The zero-order chi connectivity index (χ0) is 12.8. The van der Waals surface area contributed by atoms with Crippen LogP contribution in [0.5, 0.6) is 0 Å². The van der Waals surface area contributed by atoms with Crippen molar-refractivity contribution < 1.29 is 4.79 Å². The van der Waals surface area contributed by atoms with E-state index in [9.17, 15) is 4.79 Å². The first-order chi connectivity index (χ1) is 8.07. The molecule has 1 N–H and O–H groups in total. The molecule has 0 aliphatic rings. The smallest absolute Gasteiger partial charge is 0.226 e. The Balaban J connectivity index is 0.00000289. The van der Waals surface area contributed by atoms with Crippen molar-refractivity contribution in [1.82, 2.24) is 15.2 Å². The molecule has 18 heavy (non-hydrogen) atoms. The Labute approximate surface area is 115 Å². The molecule has 1 heterocycles. The zero-order valence-electron chi connectivity index (χ0n) is 11.4. The maximum absolute atomic E-state index is 12.1. The summed E-state index contributed by atoms with van der Waals surface area (Å²) < 4.78 is 0. The number of amides is 1. The lowest BCUT2D eigenvalue weighted by Gasteiger charge is -2.28. The summed E-state index contributed by atoms with van der Waals surface area (Å²) in [7, 11) is 3.70. The molecule has 0 spiro atoms. The molecule has 4 nitrogen and oxygen atoms in total. The van der Waals surface area contributed by atoms with E-state index < -0.39 is 0 Å². The highest BCUT2D eigenvalue weighted by atomic mass is 35.5. The topological polar surface area (TPSA) is 45.2 Å². The predicted octanol–water partition coefficient (Wildman–Crippen LogP) is 1.88. The molecule has 1 amide bonds. The van der Waals surface area contributed by atoms with Crippen molar-refractivity contribution in [3.8, 4) is 0 Å². The largest absolute Gasteiger partial charge is 0.339 e. The fourth-order valence-corrected chi connectivity index (χ4v) is 1.80. The summed E-state index contributed by atoms with van der Waals surface area (Å²) in [5.41, 5.74) is 1.10. The quantitative estimate of drug-likeness (QED) is 0.889. The number of rotatable bonds is 5. The van der Waals surface area contributed by atoms with Crippen LogP contribution in [0.1, 0.15) is 25.5 Å². The Bertz CT molecular complexity index is 359. The molecule has 0 radical (unpaired) electrons. The standard InChI is InChI=1S/C13H21N3O.ClH/c1-10(9-14-3)13(17)16(4)11(2)12-5-7-15-8-6-12;/h5-8,10-11,14H,9H2,1-4H3;1H. The van der Waals surface area contributed by atoms with E-state index in [-0.39, 0.29) is 30.3 Å². The number of carbonyl (C=O) groups is 1. The van der Waals surface area contributed by atoms with Crippen molar-refractivity contribution >= 4 is 18.3 Å². The van der Waals surface area contributed by atoms with Crippen molar-refractivity contribution in [2.24, 2.45) is 5.92 Å². The van der Waals surface area contributed by atoms with E-state index in [1.807, 2.05) is 40.1 Å². The SMILES string of the molecule is CNCC(C)C(=O)N(C)C(C)c1ccncc1.Cl. The second-order valence-corrected chi connectivity index (χ2v) is 4.36. The van der Waals surface area contributed by atoms with E-state index in [1.165, 1.54) is 0 Å². The second-order valence-electron chi connectivity index (χ2n) is 4.36. The summed E-state index contributed by atoms with van der Waals surface area (Å²) in [4.78, 5) is 17.9. The predicted molar refractivity (Wildman–Crippen MR) is 75.8 cm³/mol. The van der Waals surface area contributed by atoms with Gasteiger partial charge in [0, 0.05) is 31.9 Å². The summed E-state index contributed by atoms with van der Waals surface area (Å²) >= 11 is 0. The van der Waals surface area contributed by atoms with Gasteiger partial charge in [0.05, 0.1) is 6.04 Å². The van der Waals surface area contributed by atoms with Crippen LogP contribution in [0.3, 0.4) is 0 Å². The van der Waals surface area contributed by atoms with Gasteiger partial charge in [-0.3, -0.25) is 9.78 Å². The van der Waals surface area contributed by atoms with E-state index in [0.29, 0.717) is 6.54 Å². The van der Waals surface area contributed by atoms with Crippen molar-refractivity contribution in [3.63, 3.8) is 0 Å². The number of carbonyl (C=O) groups excluding carboxylic acids is 1. The third-order valence-corrected chi connectivity index (χ3v) is 3.05. The van der Waals surface area contributed by atoms with E-state index in [0.717, 1.165) is 5.56 Å². The molecule has 102 valence electrons. The molecule has 2 unspecified atom stereocenters. The lowest BCUT2D eigenvalue weighted by Crippen LogP contribution is -2.37. The average Bonchev–Trinajstić information content (AvgIpc) is 2.37. The summed E-state index contributed by atoms with van der Waals surface area (Å²) in [6, 6.07) is 3.96. The van der Waals surface area contributed by atoms with Gasteiger partial charge in [-0.2, -0.15) is 0 Å². The average molecular weight is 272 g/mol. The normalized spacial score (nSPS) is 13.3. The maximum atomic E-state index is 12.1. The summed E-state index contributed by atoms with van der Waals surface area (Å²) in [6.07, 6.45) is 3.50. The zero-order valence-corrected chi connectivity index (χ0v) is 12.2. The third kappa shape index (κ3) is 4.27. The van der Waals surface area contributed by atoms with E-state index >= 15 is 0 Å². The van der Waals surface area contributed by atoms with Crippen LogP contribution >= 0.6 is 12.4 Å². The Hall–Kier alpha value is -1.13. The second kappa shape index (κ2) is 8.06. The number of nitrogens with one attached hydrogen (secondary N) is 1. The fourth-order valence-electron chi connectivity index (χ4n) is 1.80. The van der Waals surface area contributed by atoms with Crippen LogP contribution in [0.2, 0.25) is 0 Å². The summed E-state index contributed by atoms with van der Waals surface area (Å²) in [6.45, 7) is 4.67. The van der Waals surface area contributed by atoms with Crippen LogP contribution in [0.15, 0.2) is 24.5 Å². The monoisotopic (exact) mass is 271 g/mol. The van der Waals surface area contributed by atoms with Crippen LogP contribution in [0.4, 0.5) is 0 Å². The van der Waals surface area contributed by atoms with Crippen LogP contribution < -0.4 is 5.32 Å². The molecule has 2 atom stereocenters. The van der Waals surface area contributed by atoms with Crippen molar-refractivity contribution in [2.75, 3.05) is 20.6 Å². The highest BCUT2D eigenvalue weighted by Crippen LogP contribution is 2.19. The van der Waals surface area contributed by atoms with E-state index in [1.54, 1.807) is 17.3 Å². The van der Waals surface area contributed by atoms with Crippen molar-refractivity contribution in [3.05, 3.63) is 30.1 Å². The summed E-state index contributed by atoms with van der Waals surface area (Å²) in [5.74, 6) is 0.151. The highest BCUT2D eigenvalue weighted by molar-refractivity contribution is 5.85. The summed E-state index contributed by atoms with van der Waals surface area (Å²) in [5, 5.41) is 3.02. The van der Waals surface area contributed by atoms with Gasteiger partial charge in [0.2, 0.25) is 5.91 Å². The van der Waals surface area contributed by atoms with Gasteiger partial charge in [-0.1, -0.05) is 6.92 Å². The van der Waals surface area contributed by atoms with Gasteiger partial charge < -0.3 is 10.2 Å². The van der Waals surface area contributed by atoms with Crippen LogP contribution in [-0.2, 0) is 4.79 Å². The van der Waals surface area contributed by atoms with E-state index in [4.69, 9.17) is 0 Å². The highest BCUT2D eigenvalue weighted by Gasteiger charge is 2.21. The molecule has 0 fully saturated rings. The van der Waals surface area contributed by atoms with Crippen LogP contribution in [-0.4, -0.2) is 36.4 Å². The Morgan fingerprint density at radius 2 is 1.94 bits per heavy atom. The van der Waals surface area contributed by atoms with Gasteiger partial charge in [-0.15, -0.1) is 12.4 Å². The molecule has 5 heteroatoms. The lowest BCUT2D eigenvalue weighted by atomic mass is 10.1. The first-order valence-corrected chi connectivity index (χ1v) is 5.89. The minimum Gasteiger partial charge on any atom is -0.339 e. The van der Waals surface area contributed by atoms with E-state index in [2.05, 4.69) is 10.3 Å². The molecule has 0 aliphatic heterocycles. The molecule has 1 aromatic heterocycles. The number of pyridine rings is 1. The molecule has 1 aromatic rings. The molecule has 0 saturated carbocycles. The first-order valence-electron chi connectivity index (χ1n) is 5.89. The van der Waals surface area contributed by atoms with Gasteiger partial charge in [0.1, 0.15) is 0 Å². The molecule has 0 saturated heterocycles. The van der Waals surface area contributed by atoms with Gasteiger partial charge >= 0.3 is 0 Å². The Morgan fingerprint density at radius 1 is 1.39 bits per heavy atom. The number of hydrogen-bond acceptors (Lipinski definition) is 3. The lowest BCUT2D eigenvalue weighted by molar-refractivity contribution is -0.135. The molecule has 0 bridgehead atoms. The minimum atomic E-state index is -0.00529. The molecular formula is C13H22ClN3O. The Kier molecular flexibility index (Phi) is 7.55. The Morgan fingerprint density at radius 3 is 2.44 bits per heavy atom. The number of hydrogen-bond donors (Lipinski definition) is 1. The van der Waals surface area contributed by atoms with Crippen molar-refractivity contribution in [2.45, 2.75) is 19.9 Å². The van der Waals surface area contributed by atoms with Crippen molar-refractivity contribution in [1.29, 1.82) is 0 Å². The van der Waals surface area contributed by atoms with Gasteiger partial charge in [-0.25, -0.2) is 0 Å². The number of aromatic nitrogens is 1. The van der Waals surface area contributed by atoms with Crippen LogP contribution in [0, 0.1) is 5.92 Å². The third-order valence-electron chi connectivity index (χ3n) is 3.05. The van der Waals surface area contributed by atoms with Gasteiger partial charge in [0.25, 0.3) is 0 Å². The maximum Gasteiger partial charge on any atom is 0.226 e. The number of halogens is 1. The molecule has 1 rings (SSSR count). The van der Waals surface area contributed by atoms with Crippen LogP contribution in [0.25, 0.3) is 0 Å². The fraction of sp³-hybridized carbons (Fsp3) is 0.538. The number of nitrogens with zero attached hydrogens (tertiary/aromatic N) is 2.